The van der Waals surface area contributed by atoms with Crippen LogP contribution in [-0.2, 0) is 14.3 Å². The number of hydrogen-bond acceptors (Lipinski definition) is 3. The van der Waals surface area contributed by atoms with Gasteiger partial charge in [0.2, 0.25) is 11.8 Å². The SMILES string of the molecule is CCC(=O)N[C@@]1(C)C[C@@H](c2cccc(Cl)c2)O[C@@H](c2ccc(NC(C)=O)cc2)C1. The molecule has 1 fully saturated rings. The first-order valence-corrected chi connectivity index (χ1v) is 10.3. The van der Waals surface area contributed by atoms with E-state index in [0.29, 0.717) is 24.3 Å². The van der Waals surface area contributed by atoms with Crippen molar-refractivity contribution in [1.29, 1.82) is 0 Å². The van der Waals surface area contributed by atoms with Gasteiger partial charge in [0.25, 0.3) is 0 Å². The molecule has 6 heteroatoms. The molecule has 2 aromatic rings. The largest absolute Gasteiger partial charge is 0.365 e. The van der Waals surface area contributed by atoms with Crippen LogP contribution in [-0.4, -0.2) is 17.4 Å². The molecule has 3 rings (SSSR count). The van der Waals surface area contributed by atoms with E-state index < -0.39 is 5.54 Å². The summed E-state index contributed by atoms with van der Waals surface area (Å²) >= 11 is 6.19. The quantitative estimate of drug-likeness (QED) is 0.708. The molecule has 29 heavy (non-hydrogen) atoms. The Balaban J connectivity index is 1.88. The third-order valence-electron chi connectivity index (χ3n) is 5.19. The van der Waals surface area contributed by atoms with Gasteiger partial charge in [-0.3, -0.25) is 9.59 Å². The van der Waals surface area contributed by atoms with Crippen LogP contribution in [0.3, 0.4) is 0 Å². The first-order valence-electron chi connectivity index (χ1n) is 9.87. The second-order valence-corrected chi connectivity index (χ2v) is 8.28. The minimum atomic E-state index is -0.403. The molecule has 154 valence electrons. The smallest absolute Gasteiger partial charge is 0.221 e. The lowest BCUT2D eigenvalue weighted by Gasteiger charge is -2.43. The van der Waals surface area contributed by atoms with Gasteiger partial charge < -0.3 is 15.4 Å². The van der Waals surface area contributed by atoms with Crippen LogP contribution in [0.5, 0.6) is 0 Å². The number of nitrogens with one attached hydrogen (secondary N) is 2. The van der Waals surface area contributed by atoms with Gasteiger partial charge in [0, 0.05) is 42.4 Å². The van der Waals surface area contributed by atoms with Crippen LogP contribution >= 0.6 is 11.6 Å². The van der Waals surface area contributed by atoms with Crippen molar-refractivity contribution in [2.24, 2.45) is 0 Å². The summed E-state index contributed by atoms with van der Waals surface area (Å²) < 4.78 is 6.45. The highest BCUT2D eigenvalue weighted by atomic mass is 35.5. The maximum atomic E-state index is 12.2. The zero-order valence-electron chi connectivity index (χ0n) is 17.0. The van der Waals surface area contributed by atoms with Crippen molar-refractivity contribution in [3.05, 3.63) is 64.7 Å². The fourth-order valence-corrected chi connectivity index (χ4v) is 4.01. The number of amides is 2. The van der Waals surface area contributed by atoms with Crippen LogP contribution < -0.4 is 10.6 Å². The number of rotatable bonds is 5. The van der Waals surface area contributed by atoms with Gasteiger partial charge in [-0.1, -0.05) is 42.8 Å². The molecule has 0 aliphatic carbocycles. The van der Waals surface area contributed by atoms with Gasteiger partial charge in [-0.25, -0.2) is 0 Å². The molecule has 2 aromatic carbocycles. The van der Waals surface area contributed by atoms with E-state index in [1.54, 1.807) is 0 Å². The molecule has 1 aliphatic rings. The van der Waals surface area contributed by atoms with Crippen LogP contribution in [0.15, 0.2) is 48.5 Å². The van der Waals surface area contributed by atoms with Crippen molar-refractivity contribution in [1.82, 2.24) is 5.32 Å². The fourth-order valence-electron chi connectivity index (χ4n) is 3.81. The lowest BCUT2D eigenvalue weighted by atomic mass is 9.81. The first-order chi connectivity index (χ1) is 13.8. The number of carbonyl (C=O) groups excluding carboxylic acids is 2. The summed E-state index contributed by atoms with van der Waals surface area (Å²) in [6.07, 6.45) is 1.38. The summed E-state index contributed by atoms with van der Waals surface area (Å²) in [6.45, 7) is 5.40. The van der Waals surface area contributed by atoms with Crippen LogP contribution in [0.25, 0.3) is 0 Å². The molecule has 0 unspecified atom stereocenters. The Morgan fingerprint density at radius 1 is 1.10 bits per heavy atom. The number of ether oxygens (including phenoxy) is 1. The van der Waals surface area contributed by atoms with E-state index in [1.807, 2.05) is 55.5 Å². The maximum absolute atomic E-state index is 12.2. The van der Waals surface area contributed by atoms with Crippen LogP contribution in [0.2, 0.25) is 5.02 Å². The molecule has 0 saturated carbocycles. The van der Waals surface area contributed by atoms with Gasteiger partial charge in [-0.15, -0.1) is 0 Å². The predicted molar refractivity (Wildman–Crippen MR) is 115 cm³/mol. The fraction of sp³-hybridized carbons (Fsp3) is 0.391. The van der Waals surface area contributed by atoms with Crippen molar-refractivity contribution in [3.63, 3.8) is 0 Å². The van der Waals surface area contributed by atoms with Crippen LogP contribution in [0, 0.1) is 0 Å². The topological polar surface area (TPSA) is 67.4 Å². The van der Waals surface area contributed by atoms with Gasteiger partial charge in [0.05, 0.1) is 12.2 Å². The van der Waals surface area contributed by atoms with Gasteiger partial charge in [0.15, 0.2) is 0 Å². The number of hydrogen-bond donors (Lipinski definition) is 2. The average Bonchev–Trinajstić information content (AvgIpc) is 2.67. The molecule has 0 radical (unpaired) electrons. The Bertz CT molecular complexity index is 884. The summed E-state index contributed by atoms with van der Waals surface area (Å²) in [7, 11) is 0. The third kappa shape index (κ3) is 5.58. The van der Waals surface area contributed by atoms with Gasteiger partial charge in [-0.2, -0.15) is 0 Å². The van der Waals surface area contributed by atoms with E-state index in [2.05, 4.69) is 17.6 Å². The Labute approximate surface area is 176 Å². The minimum Gasteiger partial charge on any atom is -0.365 e. The lowest BCUT2D eigenvalue weighted by Crippen LogP contribution is -2.50. The number of anilines is 1. The van der Waals surface area contributed by atoms with Gasteiger partial charge in [0.1, 0.15) is 0 Å². The second-order valence-electron chi connectivity index (χ2n) is 7.84. The Hall–Kier alpha value is -2.37. The van der Waals surface area contributed by atoms with Crippen molar-refractivity contribution in [3.8, 4) is 0 Å². The summed E-state index contributed by atoms with van der Waals surface area (Å²) in [4.78, 5) is 23.4. The van der Waals surface area contributed by atoms with Crippen molar-refractivity contribution in [2.75, 3.05) is 5.32 Å². The van der Waals surface area contributed by atoms with Crippen molar-refractivity contribution in [2.45, 2.75) is 57.8 Å². The highest BCUT2D eigenvalue weighted by molar-refractivity contribution is 6.30. The molecular weight excluding hydrogens is 388 g/mol. The average molecular weight is 415 g/mol. The first kappa shape index (κ1) is 21.3. The van der Waals surface area contributed by atoms with Crippen LogP contribution in [0.1, 0.15) is 63.4 Å². The monoisotopic (exact) mass is 414 g/mol. The summed E-state index contributed by atoms with van der Waals surface area (Å²) in [5, 5.41) is 6.62. The minimum absolute atomic E-state index is 0.0269. The Morgan fingerprint density at radius 2 is 1.76 bits per heavy atom. The highest BCUT2D eigenvalue weighted by Gasteiger charge is 2.40. The molecule has 1 saturated heterocycles. The van der Waals surface area contributed by atoms with E-state index in [-0.39, 0.29) is 24.0 Å². The van der Waals surface area contributed by atoms with Crippen molar-refractivity contribution >= 4 is 29.1 Å². The van der Waals surface area contributed by atoms with Crippen LogP contribution in [0.4, 0.5) is 5.69 Å². The zero-order chi connectivity index (χ0) is 21.0. The number of benzene rings is 2. The molecule has 3 atom stereocenters. The summed E-state index contributed by atoms with van der Waals surface area (Å²) in [6, 6.07) is 15.3. The predicted octanol–water partition coefficient (Wildman–Crippen LogP) is 5.18. The van der Waals surface area contributed by atoms with E-state index in [0.717, 1.165) is 16.8 Å². The van der Waals surface area contributed by atoms with Gasteiger partial charge in [-0.05, 0) is 42.3 Å². The summed E-state index contributed by atoms with van der Waals surface area (Å²) in [5.74, 6) is -0.0819. The Kier molecular flexibility index (Phi) is 6.60. The standard InChI is InChI=1S/C23H27ClN2O3/c1-4-22(28)26-23(3)13-20(16-8-10-19(11-9-16)25-15(2)27)29-21(14-23)17-6-5-7-18(24)12-17/h5-12,20-21H,4,13-14H2,1-3H3,(H,25,27)(H,26,28)/t20-,21+,23-/m1/s1. The Morgan fingerprint density at radius 3 is 2.34 bits per heavy atom. The summed E-state index contributed by atoms with van der Waals surface area (Å²) in [5.41, 5.74) is 2.33. The number of carbonyl (C=O) groups is 2. The van der Waals surface area contributed by atoms with E-state index in [9.17, 15) is 9.59 Å². The highest BCUT2D eigenvalue weighted by Crippen LogP contribution is 2.44. The molecule has 0 aromatic heterocycles. The molecule has 5 nitrogen and oxygen atoms in total. The zero-order valence-corrected chi connectivity index (χ0v) is 17.8. The normalized spacial score (nSPS) is 24.0. The third-order valence-corrected chi connectivity index (χ3v) is 5.42. The van der Waals surface area contributed by atoms with Gasteiger partial charge >= 0.3 is 0 Å². The molecule has 2 amide bonds. The molecule has 1 aliphatic heterocycles. The van der Waals surface area contributed by atoms with E-state index in [1.165, 1.54) is 6.92 Å². The molecule has 0 bridgehead atoms. The van der Waals surface area contributed by atoms with E-state index in [4.69, 9.17) is 16.3 Å². The molecule has 1 heterocycles. The number of halogens is 1. The maximum Gasteiger partial charge on any atom is 0.221 e. The lowest BCUT2D eigenvalue weighted by molar-refractivity contribution is -0.128. The molecular formula is C23H27ClN2O3. The van der Waals surface area contributed by atoms with E-state index >= 15 is 0 Å². The molecule has 2 N–H and O–H groups in total. The second kappa shape index (κ2) is 8.97. The molecule has 0 spiro atoms. The van der Waals surface area contributed by atoms with Crippen molar-refractivity contribution < 1.29 is 14.3 Å².